The average Bonchev–Trinajstić information content (AvgIpc) is 3.20. The van der Waals surface area contributed by atoms with Crippen LogP contribution in [0.5, 0.6) is 0 Å². The Morgan fingerprint density at radius 3 is 2.17 bits per heavy atom. The topological polar surface area (TPSA) is 95.9 Å². The predicted molar refractivity (Wildman–Crippen MR) is 134 cm³/mol. The third kappa shape index (κ3) is 4.75. The van der Waals surface area contributed by atoms with Crippen molar-refractivity contribution in [2.24, 2.45) is 0 Å². The van der Waals surface area contributed by atoms with Gasteiger partial charge in [-0.15, -0.1) is 0 Å². The molecule has 0 radical (unpaired) electrons. The quantitative estimate of drug-likeness (QED) is 0.496. The van der Waals surface area contributed by atoms with E-state index in [-0.39, 0.29) is 23.8 Å². The first-order valence-corrected chi connectivity index (χ1v) is 11.6. The molecule has 0 bridgehead atoms. The number of carbonyl (C=O) groups is 3. The van der Waals surface area contributed by atoms with Crippen molar-refractivity contribution in [2.75, 3.05) is 19.0 Å². The van der Waals surface area contributed by atoms with Gasteiger partial charge in [-0.05, 0) is 53.3 Å². The Labute approximate surface area is 204 Å². The van der Waals surface area contributed by atoms with Crippen molar-refractivity contribution in [3.8, 4) is 11.1 Å². The van der Waals surface area contributed by atoms with E-state index in [9.17, 15) is 19.5 Å². The van der Waals surface area contributed by atoms with Crippen molar-refractivity contribution in [2.45, 2.75) is 32.2 Å². The number of benzene rings is 3. The Morgan fingerprint density at radius 2 is 1.60 bits per heavy atom. The molecule has 2 amide bonds. The minimum Gasteiger partial charge on any atom is -0.480 e. The zero-order valence-corrected chi connectivity index (χ0v) is 19.9. The van der Waals surface area contributed by atoms with Crippen LogP contribution in [0.15, 0.2) is 66.7 Å². The number of anilines is 1. The van der Waals surface area contributed by atoms with Gasteiger partial charge in [0.2, 0.25) is 0 Å². The number of nitrogens with one attached hydrogen (secondary N) is 1. The lowest BCUT2D eigenvalue weighted by Crippen LogP contribution is -2.40. The number of carboxylic acid groups (broad SMARTS) is 1. The van der Waals surface area contributed by atoms with Gasteiger partial charge in [0.15, 0.2) is 0 Å². The van der Waals surface area contributed by atoms with Crippen LogP contribution in [0.3, 0.4) is 0 Å². The van der Waals surface area contributed by atoms with Crippen molar-refractivity contribution in [1.82, 2.24) is 4.90 Å². The number of ether oxygens (including phenoxy) is 1. The van der Waals surface area contributed by atoms with Gasteiger partial charge in [0, 0.05) is 13.0 Å². The molecule has 0 aliphatic heterocycles. The van der Waals surface area contributed by atoms with Gasteiger partial charge in [-0.25, -0.2) is 9.59 Å². The van der Waals surface area contributed by atoms with E-state index >= 15 is 0 Å². The number of likely N-dealkylation sites (N-methyl/N-ethyl adjacent to an activating group) is 1. The lowest BCUT2D eigenvalue weighted by molar-refractivity contribution is -0.141. The number of carbonyl (C=O) groups excluding carboxylic acids is 2. The maximum Gasteiger partial charge on any atom is 0.411 e. The molecule has 0 spiro atoms. The highest BCUT2D eigenvalue weighted by Crippen LogP contribution is 2.44. The lowest BCUT2D eigenvalue weighted by atomic mass is 9.98. The van der Waals surface area contributed by atoms with E-state index in [1.165, 1.54) is 14.0 Å². The fraction of sp³-hybridized carbons (Fsp3) is 0.250. The second-order valence-corrected chi connectivity index (χ2v) is 8.61. The maximum absolute atomic E-state index is 13.1. The minimum absolute atomic E-state index is 0.0840. The molecule has 0 saturated heterocycles. The monoisotopic (exact) mass is 472 g/mol. The molecule has 1 aliphatic rings. The molecule has 0 heterocycles. The number of fused-ring (bicyclic) bond motifs is 3. The second kappa shape index (κ2) is 10.0. The van der Waals surface area contributed by atoms with E-state index in [4.69, 9.17) is 4.74 Å². The third-order valence-electron chi connectivity index (χ3n) is 6.56. The fourth-order valence-corrected chi connectivity index (χ4v) is 4.37. The second-order valence-electron chi connectivity index (χ2n) is 8.61. The van der Waals surface area contributed by atoms with E-state index in [1.54, 1.807) is 12.1 Å². The minimum atomic E-state index is -1.11. The first-order chi connectivity index (χ1) is 16.8. The van der Waals surface area contributed by atoms with Crippen molar-refractivity contribution < 1.29 is 24.2 Å². The van der Waals surface area contributed by atoms with Crippen LogP contribution in [-0.2, 0) is 16.0 Å². The van der Waals surface area contributed by atoms with Gasteiger partial charge in [-0.3, -0.25) is 10.1 Å². The summed E-state index contributed by atoms with van der Waals surface area (Å²) in [6.45, 7) is 3.53. The number of hydrogen-bond donors (Lipinski definition) is 2. The van der Waals surface area contributed by atoms with E-state index < -0.39 is 24.0 Å². The summed E-state index contributed by atoms with van der Waals surface area (Å²) in [5, 5.41) is 12.0. The largest absolute Gasteiger partial charge is 0.480 e. The molecule has 7 heteroatoms. The average molecular weight is 473 g/mol. The molecule has 0 saturated carbocycles. The molecule has 0 aromatic heterocycles. The molecular weight excluding hydrogens is 444 g/mol. The molecule has 3 aromatic rings. The van der Waals surface area contributed by atoms with Crippen LogP contribution in [0.4, 0.5) is 10.5 Å². The van der Waals surface area contributed by atoms with Gasteiger partial charge in [-0.2, -0.15) is 0 Å². The predicted octanol–water partition coefficient (Wildman–Crippen LogP) is 5.16. The van der Waals surface area contributed by atoms with Crippen LogP contribution >= 0.6 is 0 Å². The summed E-state index contributed by atoms with van der Waals surface area (Å²) < 4.78 is 5.61. The van der Waals surface area contributed by atoms with Crippen LogP contribution in [0.25, 0.3) is 11.1 Å². The summed E-state index contributed by atoms with van der Waals surface area (Å²) in [6.07, 6.45) is 0.00284. The zero-order chi connectivity index (χ0) is 25.1. The molecule has 7 nitrogen and oxygen atoms in total. The van der Waals surface area contributed by atoms with Gasteiger partial charge >= 0.3 is 12.1 Å². The summed E-state index contributed by atoms with van der Waals surface area (Å²) in [4.78, 5) is 38.4. The van der Waals surface area contributed by atoms with Gasteiger partial charge in [0.25, 0.3) is 5.91 Å². The number of aryl methyl sites for hydroxylation is 1. The SMILES string of the molecule is CCc1ccc(NC(=O)OCC2c3ccccc3-c3ccccc32)c(C(=O)N(C)C(C)C(=O)O)c1. The van der Waals surface area contributed by atoms with Crippen molar-refractivity contribution in [3.05, 3.63) is 89.0 Å². The van der Waals surface area contributed by atoms with E-state index in [0.717, 1.165) is 32.7 Å². The number of rotatable bonds is 7. The van der Waals surface area contributed by atoms with E-state index in [0.29, 0.717) is 6.42 Å². The first kappa shape index (κ1) is 24.0. The molecule has 1 aliphatic carbocycles. The summed E-state index contributed by atoms with van der Waals surface area (Å²) >= 11 is 0. The Morgan fingerprint density at radius 1 is 1.00 bits per heavy atom. The van der Waals surface area contributed by atoms with Gasteiger partial charge < -0.3 is 14.7 Å². The summed E-state index contributed by atoms with van der Waals surface area (Å²) in [5.74, 6) is -1.69. The van der Waals surface area contributed by atoms with Crippen molar-refractivity contribution in [1.29, 1.82) is 0 Å². The normalized spacial score (nSPS) is 12.9. The van der Waals surface area contributed by atoms with E-state index in [1.807, 2.05) is 49.4 Å². The summed E-state index contributed by atoms with van der Waals surface area (Å²) in [6, 6.07) is 20.3. The Balaban J connectivity index is 1.52. The van der Waals surface area contributed by atoms with Crippen molar-refractivity contribution in [3.63, 3.8) is 0 Å². The summed E-state index contributed by atoms with van der Waals surface area (Å²) in [7, 11) is 1.43. The zero-order valence-electron chi connectivity index (χ0n) is 19.9. The van der Waals surface area contributed by atoms with Gasteiger partial charge in [0.1, 0.15) is 12.6 Å². The Hall–Kier alpha value is -4.13. The molecular formula is C28H28N2O5. The fourth-order valence-electron chi connectivity index (χ4n) is 4.37. The highest BCUT2D eigenvalue weighted by molar-refractivity contribution is 6.04. The van der Waals surface area contributed by atoms with Crippen molar-refractivity contribution >= 4 is 23.7 Å². The molecule has 0 fully saturated rings. The van der Waals surface area contributed by atoms with Gasteiger partial charge in [0.05, 0.1) is 11.3 Å². The molecule has 3 aromatic carbocycles. The van der Waals surface area contributed by atoms with Crippen LogP contribution in [0.1, 0.15) is 46.8 Å². The highest BCUT2D eigenvalue weighted by Gasteiger charge is 2.29. The number of amides is 2. The molecule has 4 rings (SSSR count). The van der Waals surface area contributed by atoms with Crippen LogP contribution < -0.4 is 5.32 Å². The van der Waals surface area contributed by atoms with E-state index in [2.05, 4.69) is 17.4 Å². The lowest BCUT2D eigenvalue weighted by Gasteiger charge is -2.23. The molecule has 180 valence electrons. The first-order valence-electron chi connectivity index (χ1n) is 11.6. The third-order valence-corrected chi connectivity index (χ3v) is 6.56. The van der Waals surface area contributed by atoms with Gasteiger partial charge in [-0.1, -0.05) is 61.5 Å². The highest BCUT2D eigenvalue weighted by atomic mass is 16.5. The number of nitrogens with zero attached hydrogens (tertiary/aromatic N) is 1. The number of carboxylic acids is 1. The Bertz CT molecular complexity index is 1240. The van der Waals surface area contributed by atoms with Crippen LogP contribution in [-0.4, -0.2) is 47.7 Å². The summed E-state index contributed by atoms with van der Waals surface area (Å²) in [5.41, 5.74) is 5.86. The molecule has 1 atom stereocenters. The maximum atomic E-state index is 13.1. The van der Waals surface area contributed by atoms with Crippen LogP contribution in [0, 0.1) is 0 Å². The smallest absolute Gasteiger partial charge is 0.411 e. The Kier molecular flexibility index (Phi) is 6.87. The number of aliphatic carboxylic acids is 1. The number of hydrogen-bond acceptors (Lipinski definition) is 4. The molecule has 2 N–H and O–H groups in total. The molecule has 1 unspecified atom stereocenters. The standard InChI is InChI=1S/C28H28N2O5/c1-4-18-13-14-25(23(15-18)26(31)30(3)17(2)27(32)33)29-28(34)35-16-24-21-11-7-5-9-19(21)20-10-6-8-12-22(20)24/h5-15,17,24H,4,16H2,1-3H3,(H,29,34)(H,32,33). The van der Waals surface area contributed by atoms with Crippen LogP contribution in [0.2, 0.25) is 0 Å². The molecule has 35 heavy (non-hydrogen) atoms.